The fourth-order valence-corrected chi connectivity index (χ4v) is 2.45. The number of hydrogen-bond donors (Lipinski definition) is 2. The third-order valence-corrected chi connectivity index (χ3v) is 4.00. The fourth-order valence-electron chi connectivity index (χ4n) is 2.23. The Morgan fingerprint density at radius 1 is 1.48 bits per heavy atom. The molecule has 23 heavy (non-hydrogen) atoms. The number of thioether (sulfide) groups is 1. The number of carbonyl (C=O) groups excluding carboxylic acids is 1. The molecule has 1 aromatic carbocycles. The lowest BCUT2D eigenvalue weighted by atomic mass is 9.94. The minimum atomic E-state index is -0.0361. The molecule has 124 valence electrons. The summed E-state index contributed by atoms with van der Waals surface area (Å²) in [5, 5.41) is 4.75. The Kier molecular flexibility index (Phi) is 6.46. The highest BCUT2D eigenvalue weighted by molar-refractivity contribution is 8.13. The van der Waals surface area contributed by atoms with Crippen molar-refractivity contribution in [2.75, 3.05) is 19.4 Å². The minimum Gasteiger partial charge on any atom is -0.494 e. The highest BCUT2D eigenvalue weighted by atomic mass is 32.2. The van der Waals surface area contributed by atoms with Crippen LogP contribution in [0, 0.1) is 5.92 Å². The third-order valence-electron chi connectivity index (χ3n) is 3.46. The third kappa shape index (κ3) is 5.28. The van der Waals surface area contributed by atoms with Crippen molar-refractivity contribution in [1.82, 2.24) is 5.43 Å². The lowest BCUT2D eigenvalue weighted by Gasteiger charge is -2.19. The molecule has 7 heteroatoms. The molecular weight excluding hydrogens is 312 g/mol. The van der Waals surface area contributed by atoms with Crippen molar-refractivity contribution in [2.45, 2.75) is 19.8 Å². The van der Waals surface area contributed by atoms with Crippen LogP contribution >= 0.6 is 11.8 Å². The first-order valence-corrected chi connectivity index (χ1v) is 8.76. The maximum absolute atomic E-state index is 11.3. The van der Waals surface area contributed by atoms with Gasteiger partial charge in [-0.2, -0.15) is 5.10 Å². The van der Waals surface area contributed by atoms with Crippen LogP contribution < -0.4 is 15.9 Å². The fraction of sp³-hybridized carbons (Fsp3) is 0.438. The van der Waals surface area contributed by atoms with E-state index in [2.05, 4.69) is 15.5 Å². The number of amidine groups is 1. The molecule has 1 aliphatic heterocycles. The predicted octanol–water partition coefficient (Wildman–Crippen LogP) is 1.99. The van der Waals surface area contributed by atoms with Crippen molar-refractivity contribution in [3.8, 4) is 5.75 Å². The number of carbonyl (C=O) groups is 1. The number of ether oxygens (including phenoxy) is 1. The zero-order valence-electron chi connectivity index (χ0n) is 13.4. The van der Waals surface area contributed by atoms with E-state index in [1.807, 2.05) is 37.4 Å². The van der Waals surface area contributed by atoms with Crippen molar-refractivity contribution < 1.29 is 9.53 Å². The second kappa shape index (κ2) is 8.57. The topological polar surface area (TPSA) is 89.1 Å². The Balaban J connectivity index is 1.84. The molecule has 0 aliphatic carbocycles. The molecule has 2 rings (SSSR count). The van der Waals surface area contributed by atoms with Gasteiger partial charge in [-0.05, 0) is 36.1 Å². The van der Waals surface area contributed by atoms with Gasteiger partial charge in [-0.25, -0.2) is 5.43 Å². The molecule has 1 aromatic rings. The van der Waals surface area contributed by atoms with Crippen LogP contribution in [0.25, 0.3) is 0 Å². The molecule has 1 heterocycles. The average Bonchev–Trinajstić information content (AvgIpc) is 2.55. The smallest absolute Gasteiger partial charge is 0.240 e. The van der Waals surface area contributed by atoms with Crippen molar-refractivity contribution in [3.05, 3.63) is 29.8 Å². The Labute approximate surface area is 140 Å². The number of amides is 1. The van der Waals surface area contributed by atoms with Crippen LogP contribution in [0.3, 0.4) is 0 Å². The van der Waals surface area contributed by atoms with Gasteiger partial charge >= 0.3 is 0 Å². The number of hydrazone groups is 1. The molecular formula is C16H22N4O2S. The molecule has 0 saturated heterocycles. The maximum atomic E-state index is 11.3. The summed E-state index contributed by atoms with van der Waals surface area (Å²) in [5.41, 5.74) is 10.0. The van der Waals surface area contributed by atoms with Gasteiger partial charge in [0, 0.05) is 25.3 Å². The summed E-state index contributed by atoms with van der Waals surface area (Å²) in [5.74, 6) is 0.893. The van der Waals surface area contributed by atoms with E-state index in [4.69, 9.17) is 10.5 Å². The van der Waals surface area contributed by atoms with Crippen molar-refractivity contribution in [2.24, 2.45) is 21.7 Å². The van der Waals surface area contributed by atoms with Gasteiger partial charge in [-0.1, -0.05) is 18.7 Å². The second-order valence-electron chi connectivity index (χ2n) is 5.29. The zero-order valence-corrected chi connectivity index (χ0v) is 14.2. The largest absolute Gasteiger partial charge is 0.494 e. The molecule has 6 nitrogen and oxygen atoms in total. The molecule has 1 amide bonds. The Morgan fingerprint density at radius 2 is 2.22 bits per heavy atom. The summed E-state index contributed by atoms with van der Waals surface area (Å²) in [6.07, 6.45) is 3.19. The Hall–Kier alpha value is -2.02. The normalized spacial score (nSPS) is 18.3. The highest BCUT2D eigenvalue weighted by Gasteiger charge is 2.21. The summed E-state index contributed by atoms with van der Waals surface area (Å²) in [6, 6.07) is 7.76. The number of aliphatic imine (C=N–C) groups is 1. The number of benzene rings is 1. The summed E-state index contributed by atoms with van der Waals surface area (Å²) in [6.45, 7) is 3.26. The van der Waals surface area contributed by atoms with E-state index in [1.165, 1.54) is 11.8 Å². The quantitative estimate of drug-likeness (QED) is 0.473. The minimum absolute atomic E-state index is 0.0361. The van der Waals surface area contributed by atoms with E-state index < -0.39 is 0 Å². The van der Waals surface area contributed by atoms with Gasteiger partial charge in [0.05, 0.1) is 12.3 Å². The Bertz CT molecular complexity index is 599. The Morgan fingerprint density at radius 3 is 2.87 bits per heavy atom. The maximum Gasteiger partial charge on any atom is 0.240 e. The van der Waals surface area contributed by atoms with Crippen LogP contribution in [-0.2, 0) is 4.79 Å². The van der Waals surface area contributed by atoms with Crippen LogP contribution in [0.4, 0.5) is 0 Å². The number of nitrogens with zero attached hydrogens (tertiary/aromatic N) is 2. The monoisotopic (exact) mass is 334 g/mol. The summed E-state index contributed by atoms with van der Waals surface area (Å²) < 4.78 is 5.68. The lowest BCUT2D eigenvalue weighted by Crippen LogP contribution is -2.31. The number of nitrogens with one attached hydrogen (secondary N) is 1. The first-order valence-electron chi connectivity index (χ1n) is 7.53. The van der Waals surface area contributed by atoms with Gasteiger partial charge in [-0.15, -0.1) is 0 Å². The van der Waals surface area contributed by atoms with Gasteiger partial charge in [0.25, 0.3) is 0 Å². The first kappa shape index (κ1) is 17.3. The average molecular weight is 334 g/mol. The summed E-state index contributed by atoms with van der Waals surface area (Å²) in [7, 11) is 0. The molecule has 0 radical (unpaired) electrons. The van der Waals surface area contributed by atoms with Gasteiger partial charge in [0.15, 0.2) is 5.17 Å². The molecule has 0 aromatic heterocycles. The second-order valence-corrected chi connectivity index (χ2v) is 6.11. The number of nitrogens with two attached hydrogens (primary N) is 1. The van der Waals surface area contributed by atoms with Gasteiger partial charge in [-0.3, -0.25) is 9.79 Å². The van der Waals surface area contributed by atoms with E-state index in [-0.39, 0.29) is 11.8 Å². The van der Waals surface area contributed by atoms with Crippen LogP contribution in [0.1, 0.15) is 25.3 Å². The van der Waals surface area contributed by atoms with Crippen LogP contribution in [0.2, 0.25) is 0 Å². The zero-order chi connectivity index (χ0) is 16.7. The number of rotatable bonds is 6. The molecule has 1 aliphatic rings. The molecule has 1 atom stereocenters. The van der Waals surface area contributed by atoms with Crippen molar-refractivity contribution in [3.63, 3.8) is 0 Å². The van der Waals surface area contributed by atoms with Crippen molar-refractivity contribution >= 4 is 28.5 Å². The van der Waals surface area contributed by atoms with E-state index in [9.17, 15) is 4.79 Å². The van der Waals surface area contributed by atoms with Crippen LogP contribution in [0.15, 0.2) is 34.4 Å². The number of hydrogen-bond acceptors (Lipinski definition) is 5. The van der Waals surface area contributed by atoms with Gasteiger partial charge in [0.1, 0.15) is 5.75 Å². The van der Waals surface area contributed by atoms with Crippen LogP contribution in [0.5, 0.6) is 5.75 Å². The molecule has 0 fully saturated rings. The molecule has 0 saturated carbocycles. The highest BCUT2D eigenvalue weighted by Crippen LogP contribution is 2.19. The molecule has 0 bridgehead atoms. The predicted molar refractivity (Wildman–Crippen MR) is 95.0 cm³/mol. The molecule has 3 N–H and O–H groups in total. The SMILES string of the molecule is CSC(N)=NCCCOc1ccc(C2=NNC(=O)CC2C)cc1. The van der Waals surface area contributed by atoms with E-state index in [0.717, 1.165) is 23.4 Å². The van der Waals surface area contributed by atoms with E-state index in [1.54, 1.807) is 0 Å². The van der Waals surface area contributed by atoms with E-state index >= 15 is 0 Å². The first-order chi connectivity index (χ1) is 11.1. The lowest BCUT2D eigenvalue weighted by molar-refractivity contribution is -0.121. The molecule has 0 spiro atoms. The summed E-state index contributed by atoms with van der Waals surface area (Å²) in [4.78, 5) is 15.5. The van der Waals surface area contributed by atoms with E-state index in [0.29, 0.717) is 24.7 Å². The van der Waals surface area contributed by atoms with Gasteiger partial charge < -0.3 is 10.5 Å². The van der Waals surface area contributed by atoms with Gasteiger partial charge in [0.2, 0.25) is 5.91 Å². The summed E-state index contributed by atoms with van der Waals surface area (Å²) >= 11 is 1.44. The standard InChI is InChI=1S/C16H22N4O2S/c1-11-10-14(21)19-20-15(11)12-4-6-13(7-5-12)22-9-3-8-18-16(17)23-2/h4-7,11H,3,8-10H2,1-2H3,(H2,17,18)(H,19,21). The van der Waals surface area contributed by atoms with Crippen molar-refractivity contribution in [1.29, 1.82) is 0 Å². The van der Waals surface area contributed by atoms with Crippen LogP contribution in [-0.4, -0.2) is 36.2 Å². The molecule has 1 unspecified atom stereocenters.